The van der Waals surface area contributed by atoms with Gasteiger partial charge in [0, 0.05) is 12.4 Å². The number of allylic oxidation sites excluding steroid dienone is 1. The van der Waals surface area contributed by atoms with Gasteiger partial charge in [0.2, 0.25) is 0 Å². The number of rotatable bonds is 4. The van der Waals surface area contributed by atoms with Crippen LogP contribution in [0, 0.1) is 11.5 Å². The molecule has 1 atom stereocenters. The van der Waals surface area contributed by atoms with E-state index in [9.17, 15) is 0 Å². The molecule has 0 fully saturated rings. The van der Waals surface area contributed by atoms with Crippen molar-refractivity contribution in [2.45, 2.75) is 25.8 Å². The second kappa shape index (κ2) is 7.87. The number of hydrogen-bond donors (Lipinski definition) is 1. The molecule has 0 saturated carbocycles. The SMILES string of the molecule is C=CC(CCC)n1ccnc1.N#CO. The Balaban J connectivity index is 0.000000500. The van der Waals surface area contributed by atoms with E-state index in [1.807, 2.05) is 18.6 Å². The lowest BCUT2D eigenvalue weighted by molar-refractivity contribution is 0.503. The Labute approximate surface area is 84.1 Å². The minimum atomic E-state index is 0.419. The van der Waals surface area contributed by atoms with Gasteiger partial charge in [-0.25, -0.2) is 4.98 Å². The first-order valence-corrected chi connectivity index (χ1v) is 4.43. The van der Waals surface area contributed by atoms with E-state index in [4.69, 9.17) is 10.4 Å². The third-order valence-electron chi connectivity index (χ3n) is 1.76. The third kappa shape index (κ3) is 4.31. The zero-order valence-corrected chi connectivity index (χ0v) is 8.30. The van der Waals surface area contributed by atoms with Crippen LogP contribution < -0.4 is 0 Å². The molecule has 0 bridgehead atoms. The van der Waals surface area contributed by atoms with Crippen LogP contribution in [0.3, 0.4) is 0 Å². The first-order valence-electron chi connectivity index (χ1n) is 4.43. The van der Waals surface area contributed by atoms with Crippen LogP contribution in [0.15, 0.2) is 31.4 Å². The molecule has 1 unspecified atom stereocenters. The summed E-state index contributed by atoms with van der Waals surface area (Å²) < 4.78 is 2.08. The van der Waals surface area contributed by atoms with Gasteiger partial charge >= 0.3 is 0 Å². The molecular weight excluding hydrogens is 178 g/mol. The minimum Gasteiger partial charge on any atom is -0.443 e. The van der Waals surface area contributed by atoms with Gasteiger partial charge in [-0.15, -0.1) is 6.58 Å². The molecule has 1 heterocycles. The number of imidazole rings is 1. The van der Waals surface area contributed by atoms with Crippen LogP contribution in [-0.4, -0.2) is 14.7 Å². The average Bonchev–Trinajstić information content (AvgIpc) is 2.68. The summed E-state index contributed by atoms with van der Waals surface area (Å²) in [5, 5.41) is 13.8. The Morgan fingerprint density at radius 3 is 2.79 bits per heavy atom. The molecule has 0 spiro atoms. The van der Waals surface area contributed by atoms with E-state index in [2.05, 4.69) is 23.1 Å². The second-order valence-corrected chi connectivity index (χ2v) is 2.70. The first kappa shape index (κ1) is 12.2. The van der Waals surface area contributed by atoms with Crippen molar-refractivity contribution >= 4 is 0 Å². The van der Waals surface area contributed by atoms with Gasteiger partial charge in [0.25, 0.3) is 6.26 Å². The van der Waals surface area contributed by atoms with Crippen molar-refractivity contribution in [3.05, 3.63) is 31.4 Å². The zero-order chi connectivity index (χ0) is 10.8. The summed E-state index contributed by atoms with van der Waals surface area (Å²) in [5.41, 5.74) is 0. The van der Waals surface area contributed by atoms with Gasteiger partial charge in [-0.3, -0.25) is 0 Å². The quantitative estimate of drug-likeness (QED) is 0.589. The second-order valence-electron chi connectivity index (χ2n) is 2.70. The fraction of sp³-hybridized carbons (Fsp3) is 0.400. The largest absolute Gasteiger partial charge is 0.443 e. The van der Waals surface area contributed by atoms with E-state index >= 15 is 0 Å². The van der Waals surface area contributed by atoms with Crippen LogP contribution in [0.5, 0.6) is 0 Å². The summed E-state index contributed by atoms with van der Waals surface area (Å²) >= 11 is 0. The lowest BCUT2D eigenvalue weighted by Crippen LogP contribution is -2.02. The average molecular weight is 193 g/mol. The van der Waals surface area contributed by atoms with Gasteiger partial charge in [0.15, 0.2) is 0 Å². The number of aromatic nitrogens is 2. The maximum absolute atomic E-state index is 6.88. The Bertz CT molecular complexity index is 274. The molecule has 0 aliphatic carbocycles. The van der Waals surface area contributed by atoms with Crippen molar-refractivity contribution in [1.29, 1.82) is 5.26 Å². The predicted molar refractivity (Wildman–Crippen MR) is 53.9 cm³/mol. The van der Waals surface area contributed by atoms with E-state index < -0.39 is 0 Å². The fourth-order valence-electron chi connectivity index (χ4n) is 1.15. The van der Waals surface area contributed by atoms with Crippen LogP contribution >= 0.6 is 0 Å². The van der Waals surface area contributed by atoms with E-state index in [-0.39, 0.29) is 0 Å². The van der Waals surface area contributed by atoms with Crippen LogP contribution in [0.4, 0.5) is 0 Å². The van der Waals surface area contributed by atoms with Crippen molar-refractivity contribution in [2.75, 3.05) is 0 Å². The smallest absolute Gasteiger partial charge is 0.283 e. The summed E-state index contributed by atoms with van der Waals surface area (Å²) in [4.78, 5) is 3.99. The summed E-state index contributed by atoms with van der Waals surface area (Å²) in [6.45, 7) is 5.96. The summed E-state index contributed by atoms with van der Waals surface area (Å²) in [6, 6.07) is 0.419. The summed E-state index contributed by atoms with van der Waals surface area (Å²) in [5.74, 6) is 0. The lowest BCUT2D eigenvalue weighted by Gasteiger charge is -2.11. The Morgan fingerprint density at radius 2 is 2.43 bits per heavy atom. The first-order chi connectivity index (χ1) is 6.79. The maximum Gasteiger partial charge on any atom is 0.283 e. The van der Waals surface area contributed by atoms with Crippen LogP contribution in [0.2, 0.25) is 0 Å². The maximum atomic E-state index is 6.88. The van der Waals surface area contributed by atoms with Gasteiger partial charge < -0.3 is 9.67 Å². The fourth-order valence-corrected chi connectivity index (χ4v) is 1.15. The van der Waals surface area contributed by atoms with Gasteiger partial charge in [-0.1, -0.05) is 19.4 Å². The monoisotopic (exact) mass is 193 g/mol. The van der Waals surface area contributed by atoms with Crippen LogP contribution in [-0.2, 0) is 0 Å². The topological polar surface area (TPSA) is 61.8 Å². The van der Waals surface area contributed by atoms with Gasteiger partial charge in [0.1, 0.15) is 0 Å². The van der Waals surface area contributed by atoms with E-state index in [0.717, 1.165) is 12.7 Å². The predicted octanol–water partition coefficient (Wildman–Crippen LogP) is 2.25. The van der Waals surface area contributed by atoms with Crippen molar-refractivity contribution in [3.8, 4) is 6.26 Å². The molecule has 1 rings (SSSR count). The van der Waals surface area contributed by atoms with Crippen molar-refractivity contribution < 1.29 is 5.11 Å². The highest BCUT2D eigenvalue weighted by Gasteiger charge is 2.02. The molecule has 0 aromatic carbocycles. The third-order valence-corrected chi connectivity index (χ3v) is 1.76. The summed E-state index contributed by atoms with van der Waals surface area (Å²) in [6.07, 6.45) is 10.6. The van der Waals surface area contributed by atoms with Gasteiger partial charge in [-0.2, -0.15) is 5.26 Å². The molecular formula is C10H15N3O. The van der Waals surface area contributed by atoms with Gasteiger partial charge in [-0.05, 0) is 6.42 Å². The molecule has 0 saturated heterocycles. The number of hydrogen-bond acceptors (Lipinski definition) is 3. The highest BCUT2D eigenvalue weighted by Crippen LogP contribution is 2.13. The number of nitrogens with zero attached hydrogens (tertiary/aromatic N) is 3. The Kier molecular flexibility index (Phi) is 6.88. The molecule has 1 aromatic heterocycles. The normalized spacial score (nSPS) is 10.6. The van der Waals surface area contributed by atoms with Crippen molar-refractivity contribution in [3.63, 3.8) is 0 Å². The van der Waals surface area contributed by atoms with E-state index in [1.54, 1.807) is 6.20 Å². The Hall–Kier alpha value is -1.76. The number of aliphatic hydroxyl groups excluding tert-OH is 1. The molecule has 1 N–H and O–H groups in total. The Morgan fingerprint density at radius 1 is 1.79 bits per heavy atom. The molecule has 0 radical (unpaired) electrons. The zero-order valence-electron chi connectivity index (χ0n) is 8.30. The highest BCUT2D eigenvalue weighted by molar-refractivity contribution is 4.89. The van der Waals surface area contributed by atoms with Crippen LogP contribution in [0.1, 0.15) is 25.8 Å². The molecule has 0 aliphatic heterocycles. The van der Waals surface area contributed by atoms with E-state index in [1.165, 1.54) is 6.42 Å². The van der Waals surface area contributed by atoms with Crippen molar-refractivity contribution in [2.24, 2.45) is 0 Å². The van der Waals surface area contributed by atoms with Crippen molar-refractivity contribution in [1.82, 2.24) is 9.55 Å². The van der Waals surface area contributed by atoms with Crippen LogP contribution in [0.25, 0.3) is 0 Å². The number of aliphatic hydroxyl groups is 1. The standard InChI is InChI=1S/C9H14N2.CHNO/c1-3-5-9(4-2)11-7-6-10-8-11;2-1-3/h4,6-9H,2-3,5H2,1H3;3H. The molecule has 0 amide bonds. The molecule has 4 heteroatoms. The highest BCUT2D eigenvalue weighted by atomic mass is 16.2. The number of nitriles is 1. The molecule has 1 aromatic rings. The van der Waals surface area contributed by atoms with Gasteiger partial charge in [0.05, 0.1) is 12.4 Å². The van der Waals surface area contributed by atoms with E-state index in [0.29, 0.717) is 6.04 Å². The molecule has 76 valence electrons. The molecule has 4 nitrogen and oxygen atoms in total. The minimum absolute atomic E-state index is 0.419. The lowest BCUT2D eigenvalue weighted by atomic mass is 10.2. The molecule has 0 aliphatic rings. The summed E-state index contributed by atoms with van der Waals surface area (Å²) in [7, 11) is 0. The molecule has 14 heavy (non-hydrogen) atoms.